The minimum atomic E-state index is -0.905. The van der Waals surface area contributed by atoms with Crippen LogP contribution in [-0.4, -0.2) is 38.4 Å². The van der Waals surface area contributed by atoms with Gasteiger partial charge in [0.2, 0.25) is 17.1 Å². The predicted octanol–water partition coefficient (Wildman–Crippen LogP) is 2.40. The number of nitrogens with one attached hydrogen (secondary N) is 3. The predicted molar refractivity (Wildman–Crippen MR) is 133 cm³/mol. The lowest BCUT2D eigenvalue weighted by atomic mass is 9.91. The van der Waals surface area contributed by atoms with Crippen LogP contribution in [0.5, 0.6) is 17.2 Å². The van der Waals surface area contributed by atoms with Crippen molar-refractivity contribution in [1.82, 2.24) is 20.5 Å². The molecule has 11 nitrogen and oxygen atoms in total. The average Bonchev–Trinajstić information content (AvgIpc) is 3.32. The molecule has 0 unspecified atom stereocenters. The molecule has 0 aliphatic carbocycles. The van der Waals surface area contributed by atoms with E-state index < -0.39 is 34.7 Å². The van der Waals surface area contributed by atoms with Gasteiger partial charge >= 0.3 is 5.69 Å². The van der Waals surface area contributed by atoms with Gasteiger partial charge in [-0.25, -0.2) is 9.89 Å². The first-order valence-corrected chi connectivity index (χ1v) is 11.4. The number of hydrogen-bond acceptors (Lipinski definition) is 8. The summed E-state index contributed by atoms with van der Waals surface area (Å²) < 4.78 is 10.9. The number of phenols is 1. The number of hydrogen-bond donors (Lipinski definition) is 5. The maximum absolute atomic E-state index is 13.4. The monoisotopic (exact) mass is 506 g/mol. The molecule has 0 bridgehead atoms. The molecule has 5 N–H and O–H groups in total. The molecule has 0 saturated heterocycles. The van der Waals surface area contributed by atoms with Crippen LogP contribution in [0.25, 0.3) is 0 Å². The van der Waals surface area contributed by atoms with Crippen LogP contribution in [0.2, 0.25) is 0 Å². The fourth-order valence-electron chi connectivity index (χ4n) is 4.09. The van der Waals surface area contributed by atoms with E-state index >= 15 is 0 Å². The van der Waals surface area contributed by atoms with E-state index in [0.29, 0.717) is 12.0 Å². The normalized spacial score (nSPS) is 12.6. The van der Waals surface area contributed by atoms with Crippen LogP contribution in [0, 0.1) is 6.92 Å². The van der Waals surface area contributed by atoms with Crippen molar-refractivity contribution in [2.45, 2.75) is 31.7 Å². The van der Waals surface area contributed by atoms with E-state index in [4.69, 9.17) is 9.15 Å². The Kier molecular flexibility index (Phi) is 7.42. The van der Waals surface area contributed by atoms with Gasteiger partial charge in [0.05, 0.1) is 19.1 Å². The summed E-state index contributed by atoms with van der Waals surface area (Å²) in [5.74, 6) is -1.56. The fourth-order valence-corrected chi connectivity index (χ4v) is 4.09. The molecule has 11 heteroatoms. The van der Waals surface area contributed by atoms with Gasteiger partial charge in [-0.1, -0.05) is 36.4 Å². The number of phenolic OH excluding ortho intramolecular Hbond substituents is 1. The first kappa shape index (κ1) is 25.3. The minimum Gasteiger partial charge on any atom is -0.504 e. The number of benzene rings is 2. The van der Waals surface area contributed by atoms with Crippen molar-refractivity contribution < 1.29 is 24.2 Å². The fraction of sp³-hybridized carbons (Fsp3) is 0.231. The number of aromatic nitrogens is 3. The highest BCUT2D eigenvalue weighted by Gasteiger charge is 2.28. The van der Waals surface area contributed by atoms with Crippen molar-refractivity contribution in [3.63, 3.8) is 0 Å². The Morgan fingerprint density at radius 2 is 1.89 bits per heavy atom. The number of aryl methyl sites for hydroxylation is 1. The van der Waals surface area contributed by atoms with E-state index in [1.807, 2.05) is 30.3 Å². The topological polar surface area (TPSA) is 171 Å². The maximum atomic E-state index is 13.4. The number of rotatable bonds is 9. The third-order valence-corrected chi connectivity index (χ3v) is 5.85. The Labute approximate surface area is 210 Å². The van der Waals surface area contributed by atoms with Crippen molar-refractivity contribution in [1.29, 1.82) is 0 Å². The Bertz CT molecular complexity index is 1510. The Morgan fingerprint density at radius 1 is 1.14 bits per heavy atom. The highest BCUT2D eigenvalue weighted by atomic mass is 16.5. The number of carbonyl (C=O) groups is 1. The molecule has 192 valence electrons. The van der Waals surface area contributed by atoms with Crippen molar-refractivity contribution in [2.24, 2.45) is 0 Å². The van der Waals surface area contributed by atoms with Gasteiger partial charge < -0.3 is 24.7 Å². The summed E-state index contributed by atoms with van der Waals surface area (Å²) >= 11 is 0. The van der Waals surface area contributed by atoms with E-state index in [1.54, 1.807) is 13.0 Å². The number of aromatic hydroxyl groups is 2. The summed E-state index contributed by atoms with van der Waals surface area (Å²) in [7, 11) is 1.38. The van der Waals surface area contributed by atoms with Crippen molar-refractivity contribution in [2.75, 3.05) is 7.11 Å². The van der Waals surface area contributed by atoms with Gasteiger partial charge in [0, 0.05) is 12.5 Å². The molecule has 4 rings (SSSR count). The largest absolute Gasteiger partial charge is 0.504 e. The molecule has 2 aromatic heterocycles. The van der Waals surface area contributed by atoms with E-state index in [-0.39, 0.29) is 35.3 Å². The lowest BCUT2D eigenvalue weighted by Gasteiger charge is -2.21. The highest BCUT2D eigenvalue weighted by Crippen LogP contribution is 2.37. The van der Waals surface area contributed by atoms with E-state index in [9.17, 15) is 24.6 Å². The summed E-state index contributed by atoms with van der Waals surface area (Å²) in [4.78, 5) is 39.9. The molecule has 0 fully saturated rings. The molecule has 0 saturated carbocycles. The second-order valence-corrected chi connectivity index (χ2v) is 8.49. The molecule has 2 aromatic carbocycles. The standard InChI is InChI=1S/C26H26N4O7/c1-14-10-20(32)23(34)24(37-14)17(16-8-9-19(31)21(12-16)36-2)13-22(33)27-18(25-28-26(35)30-29-25)11-15-6-4-3-5-7-15/h3-10,12,17-18,31,34H,11,13H2,1-2H3,(H,27,33)(H2,28,29,30,35)/t17-,18+/m0/s1. The zero-order chi connectivity index (χ0) is 26.5. The average molecular weight is 507 g/mol. The quantitative estimate of drug-likeness (QED) is 0.230. The number of ether oxygens (including phenoxy) is 1. The zero-order valence-electron chi connectivity index (χ0n) is 20.1. The Hall–Kier alpha value is -4.80. The number of nitrogens with zero attached hydrogens (tertiary/aromatic N) is 1. The molecule has 0 radical (unpaired) electrons. The SMILES string of the molecule is COc1cc([C@H](CC(=O)N[C@H](Cc2ccccc2)c2n[nH]c(=O)[nH]2)c2oc(C)cc(=O)c2O)ccc1O. The van der Waals surface area contributed by atoms with E-state index in [0.717, 1.165) is 11.6 Å². The number of aromatic amines is 2. The number of methoxy groups -OCH3 is 1. The van der Waals surface area contributed by atoms with Crippen molar-refractivity contribution >= 4 is 5.91 Å². The van der Waals surface area contributed by atoms with Crippen molar-refractivity contribution in [3.05, 3.63) is 104 Å². The molecular formula is C26H26N4O7. The first-order valence-electron chi connectivity index (χ1n) is 11.4. The van der Waals surface area contributed by atoms with Crippen molar-refractivity contribution in [3.8, 4) is 17.2 Å². The van der Waals surface area contributed by atoms with Crippen LogP contribution in [0.1, 0.15) is 46.9 Å². The molecule has 0 aliphatic rings. The van der Waals surface area contributed by atoms with Gasteiger partial charge in [-0.15, -0.1) is 0 Å². The molecule has 0 spiro atoms. The third-order valence-electron chi connectivity index (χ3n) is 5.85. The van der Waals surface area contributed by atoms with Gasteiger partial charge in [0.15, 0.2) is 23.1 Å². The highest BCUT2D eigenvalue weighted by molar-refractivity contribution is 5.78. The van der Waals surface area contributed by atoms with E-state index in [2.05, 4.69) is 20.5 Å². The number of carbonyl (C=O) groups excluding carboxylic acids is 1. The van der Waals surface area contributed by atoms with Crippen LogP contribution < -0.4 is 21.2 Å². The summed E-state index contributed by atoms with van der Waals surface area (Å²) in [6.45, 7) is 1.56. The van der Waals surface area contributed by atoms with Gasteiger partial charge in [-0.05, 0) is 36.6 Å². The molecule has 4 aromatic rings. The summed E-state index contributed by atoms with van der Waals surface area (Å²) in [6, 6.07) is 14.3. The van der Waals surface area contributed by atoms with Crippen LogP contribution in [0.3, 0.4) is 0 Å². The second-order valence-electron chi connectivity index (χ2n) is 8.49. The van der Waals surface area contributed by atoms with Crippen LogP contribution in [-0.2, 0) is 11.2 Å². The third kappa shape index (κ3) is 5.89. The molecule has 2 atom stereocenters. The smallest absolute Gasteiger partial charge is 0.340 e. The maximum Gasteiger partial charge on any atom is 0.340 e. The van der Waals surface area contributed by atoms with Gasteiger partial charge in [-0.3, -0.25) is 14.6 Å². The molecule has 2 heterocycles. The summed E-state index contributed by atoms with van der Waals surface area (Å²) in [5.41, 5.74) is 0.203. The van der Waals surface area contributed by atoms with Gasteiger partial charge in [0.1, 0.15) is 5.76 Å². The zero-order valence-corrected chi connectivity index (χ0v) is 20.1. The molecule has 1 amide bonds. The summed E-state index contributed by atoms with van der Waals surface area (Å²) in [5, 5.41) is 29.7. The number of H-pyrrole nitrogens is 2. The molecule has 0 aliphatic heterocycles. The Balaban J connectivity index is 1.69. The van der Waals surface area contributed by atoms with Gasteiger partial charge in [-0.2, -0.15) is 5.10 Å². The first-order chi connectivity index (χ1) is 17.7. The van der Waals surface area contributed by atoms with E-state index in [1.165, 1.54) is 19.2 Å². The Morgan fingerprint density at radius 3 is 2.57 bits per heavy atom. The lowest BCUT2D eigenvalue weighted by Crippen LogP contribution is -2.32. The van der Waals surface area contributed by atoms with Gasteiger partial charge in [0.25, 0.3) is 0 Å². The second kappa shape index (κ2) is 10.9. The van der Waals surface area contributed by atoms with Crippen LogP contribution >= 0.6 is 0 Å². The molecular weight excluding hydrogens is 480 g/mol. The number of amides is 1. The molecule has 37 heavy (non-hydrogen) atoms. The lowest BCUT2D eigenvalue weighted by molar-refractivity contribution is -0.122. The summed E-state index contributed by atoms with van der Waals surface area (Å²) in [6.07, 6.45) is 0.101. The van der Waals surface area contributed by atoms with Crippen LogP contribution in [0.4, 0.5) is 0 Å². The minimum absolute atomic E-state index is 0.0966. The van der Waals surface area contributed by atoms with Crippen LogP contribution in [0.15, 0.2) is 68.6 Å².